The third kappa shape index (κ3) is 3.62. The number of urea groups is 1. The summed E-state index contributed by atoms with van der Waals surface area (Å²) in [5.74, 6) is 0.707. The fourth-order valence-electron chi connectivity index (χ4n) is 1.33. The van der Waals surface area contributed by atoms with Gasteiger partial charge in [0.25, 0.3) is 0 Å². The molecular weight excluding hydrogens is 232 g/mol. The number of amidine groups is 1. The predicted molar refractivity (Wildman–Crippen MR) is 72.6 cm³/mol. The summed E-state index contributed by atoms with van der Waals surface area (Å²) in [4.78, 5) is 19.4. The second kappa shape index (κ2) is 6.43. The number of aliphatic imine (C=N–C) groups is 1. The topological polar surface area (TPSA) is 118 Å². The summed E-state index contributed by atoms with van der Waals surface area (Å²) in [7, 11) is 0. The van der Waals surface area contributed by atoms with E-state index in [0.717, 1.165) is 0 Å². The Bertz CT molecular complexity index is 457. The number of carbonyl (C=O) groups is 1. The molecule has 0 fully saturated rings. The number of nitrogens with one attached hydrogen (secondary N) is 2. The van der Waals surface area contributed by atoms with Crippen molar-refractivity contribution in [2.45, 2.75) is 13.8 Å². The molecule has 1 rings (SSSR count). The van der Waals surface area contributed by atoms with E-state index in [4.69, 9.17) is 11.5 Å². The van der Waals surface area contributed by atoms with Crippen LogP contribution in [-0.2, 0) is 0 Å². The largest absolute Gasteiger partial charge is 0.398 e. The standard InChI is InChI=1S/C11H18N6O/c1-3-14-10(13)7-6-16-9(5-8(7)12)17-11(18)15-4-2/h5-6H,3-4H2,1-2H3,(H2,13,14)(H4,12,15,16,17,18). The molecule has 0 aliphatic heterocycles. The van der Waals surface area contributed by atoms with E-state index in [1.807, 2.05) is 13.8 Å². The van der Waals surface area contributed by atoms with Crippen LogP contribution in [0.1, 0.15) is 19.4 Å². The van der Waals surface area contributed by atoms with Crippen molar-refractivity contribution >= 4 is 23.4 Å². The van der Waals surface area contributed by atoms with Crippen LogP contribution in [-0.4, -0.2) is 29.9 Å². The van der Waals surface area contributed by atoms with Crippen LogP contribution < -0.4 is 22.1 Å². The van der Waals surface area contributed by atoms with E-state index in [1.165, 1.54) is 6.20 Å². The van der Waals surface area contributed by atoms with Crippen molar-refractivity contribution in [3.63, 3.8) is 0 Å². The monoisotopic (exact) mass is 250 g/mol. The van der Waals surface area contributed by atoms with Gasteiger partial charge in [-0.05, 0) is 13.8 Å². The van der Waals surface area contributed by atoms with Crippen LogP contribution in [0.2, 0.25) is 0 Å². The molecule has 0 unspecified atom stereocenters. The van der Waals surface area contributed by atoms with E-state index >= 15 is 0 Å². The summed E-state index contributed by atoms with van der Waals surface area (Å²) in [6.07, 6.45) is 1.49. The molecule has 18 heavy (non-hydrogen) atoms. The van der Waals surface area contributed by atoms with Gasteiger partial charge in [0.05, 0.1) is 5.56 Å². The van der Waals surface area contributed by atoms with Gasteiger partial charge >= 0.3 is 6.03 Å². The van der Waals surface area contributed by atoms with Gasteiger partial charge in [-0.15, -0.1) is 0 Å². The van der Waals surface area contributed by atoms with Gasteiger partial charge in [-0.25, -0.2) is 9.78 Å². The molecule has 0 spiro atoms. The molecule has 98 valence electrons. The fourth-order valence-corrected chi connectivity index (χ4v) is 1.33. The Labute approximate surface area is 106 Å². The normalized spacial score (nSPS) is 11.1. The molecule has 0 saturated carbocycles. The average molecular weight is 250 g/mol. The molecular formula is C11H18N6O. The molecule has 7 nitrogen and oxygen atoms in total. The third-order valence-corrected chi connectivity index (χ3v) is 2.12. The highest BCUT2D eigenvalue weighted by Crippen LogP contribution is 2.14. The summed E-state index contributed by atoms with van der Waals surface area (Å²) < 4.78 is 0. The zero-order chi connectivity index (χ0) is 13.5. The lowest BCUT2D eigenvalue weighted by Gasteiger charge is -2.08. The van der Waals surface area contributed by atoms with E-state index in [-0.39, 0.29) is 6.03 Å². The number of hydrogen-bond donors (Lipinski definition) is 4. The first-order valence-corrected chi connectivity index (χ1v) is 5.69. The fraction of sp³-hybridized carbons (Fsp3) is 0.364. The molecule has 0 aliphatic carbocycles. The number of anilines is 2. The second-order valence-corrected chi connectivity index (χ2v) is 3.50. The number of amides is 2. The van der Waals surface area contributed by atoms with Gasteiger partial charge in [0.15, 0.2) is 0 Å². The minimum atomic E-state index is -0.327. The Balaban J connectivity index is 2.86. The molecule has 1 aromatic rings. The predicted octanol–water partition coefficient (Wildman–Crippen LogP) is 0.530. The van der Waals surface area contributed by atoms with E-state index in [2.05, 4.69) is 20.6 Å². The summed E-state index contributed by atoms with van der Waals surface area (Å²) in [6.45, 7) is 4.81. The highest BCUT2D eigenvalue weighted by atomic mass is 16.2. The molecule has 0 radical (unpaired) electrons. The number of hydrogen-bond acceptors (Lipinski definition) is 4. The van der Waals surface area contributed by atoms with Crippen molar-refractivity contribution < 1.29 is 4.79 Å². The van der Waals surface area contributed by atoms with Gasteiger partial charge in [-0.1, -0.05) is 0 Å². The molecule has 1 heterocycles. The highest BCUT2D eigenvalue weighted by molar-refractivity contribution is 6.02. The van der Waals surface area contributed by atoms with Gasteiger partial charge in [-0.3, -0.25) is 10.3 Å². The summed E-state index contributed by atoms with van der Waals surface area (Å²) >= 11 is 0. The van der Waals surface area contributed by atoms with Crippen LogP contribution in [0.5, 0.6) is 0 Å². The van der Waals surface area contributed by atoms with Crippen molar-refractivity contribution in [1.29, 1.82) is 0 Å². The van der Waals surface area contributed by atoms with Crippen LogP contribution in [0, 0.1) is 0 Å². The number of rotatable bonds is 4. The molecule has 0 aliphatic rings. The van der Waals surface area contributed by atoms with E-state index in [9.17, 15) is 4.79 Å². The third-order valence-electron chi connectivity index (χ3n) is 2.12. The first-order valence-electron chi connectivity index (χ1n) is 5.69. The second-order valence-electron chi connectivity index (χ2n) is 3.50. The van der Waals surface area contributed by atoms with Crippen LogP contribution in [0.4, 0.5) is 16.3 Å². The maximum absolute atomic E-state index is 11.3. The van der Waals surface area contributed by atoms with Crippen molar-refractivity contribution in [2.75, 3.05) is 24.1 Å². The minimum Gasteiger partial charge on any atom is -0.398 e. The molecule has 0 bridgehead atoms. The van der Waals surface area contributed by atoms with Crippen molar-refractivity contribution in [3.05, 3.63) is 17.8 Å². The molecule has 0 atom stereocenters. The molecule has 2 amide bonds. The number of carbonyl (C=O) groups excluding carboxylic acids is 1. The van der Waals surface area contributed by atoms with Crippen molar-refractivity contribution in [2.24, 2.45) is 10.7 Å². The SMILES string of the molecule is CCN=C(N)c1cnc(NC(=O)NCC)cc1N. The zero-order valence-corrected chi connectivity index (χ0v) is 10.5. The lowest BCUT2D eigenvalue weighted by molar-refractivity contribution is 0.252. The maximum atomic E-state index is 11.3. The van der Waals surface area contributed by atoms with Gasteiger partial charge in [0.1, 0.15) is 11.7 Å². The van der Waals surface area contributed by atoms with E-state index < -0.39 is 0 Å². The molecule has 6 N–H and O–H groups in total. The Kier molecular flexibility index (Phi) is 4.91. The van der Waals surface area contributed by atoms with E-state index in [0.29, 0.717) is 36.0 Å². The minimum absolute atomic E-state index is 0.327. The molecule has 1 aromatic heterocycles. The Morgan fingerprint density at radius 3 is 2.78 bits per heavy atom. The van der Waals surface area contributed by atoms with Gasteiger partial charge in [-0.2, -0.15) is 0 Å². The number of nitrogens with two attached hydrogens (primary N) is 2. The number of pyridine rings is 1. The van der Waals surface area contributed by atoms with Gasteiger partial charge in [0, 0.05) is 31.0 Å². The first-order chi connectivity index (χ1) is 8.58. The Hall–Kier alpha value is -2.31. The smallest absolute Gasteiger partial charge is 0.320 e. The number of nitrogen functional groups attached to an aromatic ring is 1. The van der Waals surface area contributed by atoms with E-state index in [1.54, 1.807) is 6.07 Å². The quantitative estimate of drug-likeness (QED) is 0.460. The molecule has 7 heteroatoms. The van der Waals surface area contributed by atoms with Crippen LogP contribution in [0.25, 0.3) is 0 Å². The number of aromatic nitrogens is 1. The molecule has 0 aromatic carbocycles. The lowest BCUT2D eigenvalue weighted by atomic mass is 10.2. The summed E-state index contributed by atoms with van der Waals surface area (Å²) in [5, 5.41) is 5.15. The zero-order valence-electron chi connectivity index (χ0n) is 10.5. The lowest BCUT2D eigenvalue weighted by Crippen LogP contribution is -2.28. The van der Waals surface area contributed by atoms with Crippen LogP contribution in [0.15, 0.2) is 17.3 Å². The van der Waals surface area contributed by atoms with Crippen molar-refractivity contribution in [3.8, 4) is 0 Å². The van der Waals surface area contributed by atoms with Crippen molar-refractivity contribution in [1.82, 2.24) is 10.3 Å². The first kappa shape index (κ1) is 13.8. The van der Waals surface area contributed by atoms with Gasteiger partial charge in [0.2, 0.25) is 0 Å². The van der Waals surface area contributed by atoms with Crippen LogP contribution >= 0.6 is 0 Å². The molecule has 0 saturated heterocycles. The highest BCUT2D eigenvalue weighted by Gasteiger charge is 2.07. The number of nitrogens with zero attached hydrogens (tertiary/aromatic N) is 2. The Morgan fingerprint density at radius 2 is 2.22 bits per heavy atom. The summed E-state index contributed by atoms with van der Waals surface area (Å²) in [6, 6.07) is 1.22. The summed E-state index contributed by atoms with van der Waals surface area (Å²) in [5.41, 5.74) is 12.6. The average Bonchev–Trinajstić information content (AvgIpc) is 2.29. The Morgan fingerprint density at radius 1 is 1.50 bits per heavy atom. The van der Waals surface area contributed by atoms with Crippen LogP contribution in [0.3, 0.4) is 0 Å². The maximum Gasteiger partial charge on any atom is 0.320 e. The van der Waals surface area contributed by atoms with Gasteiger partial charge < -0.3 is 16.8 Å².